The number of carbonyl (C=O) groups is 1. The van der Waals surface area contributed by atoms with Crippen LogP contribution in [0.4, 0.5) is 10.5 Å². The highest BCUT2D eigenvalue weighted by molar-refractivity contribution is 5.90. The number of ether oxygens (including phenoxy) is 1. The number of nitrogens with zero attached hydrogens (tertiary/aromatic N) is 3. The van der Waals surface area contributed by atoms with E-state index in [0.29, 0.717) is 24.6 Å². The lowest BCUT2D eigenvalue weighted by molar-refractivity contribution is 0.134. The van der Waals surface area contributed by atoms with Gasteiger partial charge in [0.1, 0.15) is 12.4 Å². The highest BCUT2D eigenvalue weighted by Gasteiger charge is 2.14. The highest BCUT2D eigenvalue weighted by atomic mass is 16.5. The zero-order valence-electron chi connectivity index (χ0n) is 15.7. The number of nitrogens with one attached hydrogen (secondary N) is 2. The van der Waals surface area contributed by atoms with Crippen LogP contribution in [0, 0.1) is 0 Å². The summed E-state index contributed by atoms with van der Waals surface area (Å²) in [6.45, 7) is 6.22. The maximum absolute atomic E-state index is 12.2. The van der Waals surface area contributed by atoms with E-state index in [0.717, 1.165) is 38.3 Å². The Labute approximate surface area is 160 Å². The largest absolute Gasteiger partial charge is 0.490 e. The third-order valence-electron chi connectivity index (χ3n) is 4.57. The maximum Gasteiger partial charge on any atom is 0.319 e. The van der Waals surface area contributed by atoms with Crippen molar-refractivity contribution in [2.45, 2.75) is 6.54 Å². The standard InChI is InChI=1S/C20H27N5O2/c1-24-9-11-25(12-10-24)13-14-27-19-7-3-2-6-18(19)23-20(26)22-16-17-5-4-8-21-15-17/h2-8,15H,9-14,16H2,1H3,(H2,22,23,26). The number of anilines is 1. The molecule has 2 aromatic rings. The number of hydrogen-bond acceptors (Lipinski definition) is 5. The van der Waals surface area contributed by atoms with Crippen molar-refractivity contribution in [2.75, 3.05) is 51.7 Å². The van der Waals surface area contributed by atoms with E-state index in [1.807, 2.05) is 36.4 Å². The van der Waals surface area contributed by atoms with Crippen molar-refractivity contribution in [3.05, 3.63) is 54.4 Å². The molecule has 1 aliphatic heterocycles. The summed E-state index contributed by atoms with van der Waals surface area (Å²) in [5.74, 6) is 0.683. The summed E-state index contributed by atoms with van der Waals surface area (Å²) in [5, 5.41) is 5.69. The van der Waals surface area contributed by atoms with Crippen LogP contribution >= 0.6 is 0 Å². The predicted octanol–water partition coefficient (Wildman–Crippen LogP) is 2.03. The number of para-hydroxylation sites is 2. The summed E-state index contributed by atoms with van der Waals surface area (Å²) < 4.78 is 5.92. The Bertz CT molecular complexity index is 717. The van der Waals surface area contributed by atoms with E-state index in [1.165, 1.54) is 0 Å². The molecule has 1 aromatic heterocycles. The molecule has 1 fully saturated rings. The first-order valence-electron chi connectivity index (χ1n) is 9.27. The van der Waals surface area contributed by atoms with Crippen LogP contribution in [-0.2, 0) is 6.54 Å². The lowest BCUT2D eigenvalue weighted by atomic mass is 10.3. The van der Waals surface area contributed by atoms with Crippen LogP contribution in [0.2, 0.25) is 0 Å². The SMILES string of the molecule is CN1CCN(CCOc2ccccc2NC(=O)NCc2cccnc2)CC1. The van der Waals surface area contributed by atoms with Gasteiger partial charge in [0.15, 0.2) is 0 Å². The monoisotopic (exact) mass is 369 g/mol. The molecule has 0 unspecified atom stereocenters. The number of pyridine rings is 1. The molecule has 0 saturated carbocycles. The number of hydrogen-bond donors (Lipinski definition) is 2. The quantitative estimate of drug-likeness (QED) is 0.782. The number of aromatic nitrogens is 1. The Balaban J connectivity index is 1.46. The van der Waals surface area contributed by atoms with Gasteiger partial charge in [0.05, 0.1) is 5.69 Å². The molecule has 2 amide bonds. The molecule has 2 heterocycles. The zero-order valence-corrected chi connectivity index (χ0v) is 15.7. The van der Waals surface area contributed by atoms with E-state index >= 15 is 0 Å². The van der Waals surface area contributed by atoms with Crippen molar-refractivity contribution in [3.8, 4) is 5.75 Å². The molecule has 1 aromatic carbocycles. The molecule has 7 nitrogen and oxygen atoms in total. The highest BCUT2D eigenvalue weighted by Crippen LogP contribution is 2.23. The smallest absolute Gasteiger partial charge is 0.319 e. The molecule has 7 heteroatoms. The Morgan fingerprint density at radius 2 is 1.96 bits per heavy atom. The van der Waals surface area contributed by atoms with E-state index in [1.54, 1.807) is 12.4 Å². The van der Waals surface area contributed by atoms with Gasteiger partial charge in [0.25, 0.3) is 0 Å². The van der Waals surface area contributed by atoms with E-state index < -0.39 is 0 Å². The fourth-order valence-corrected chi connectivity index (χ4v) is 2.90. The molecule has 3 rings (SSSR count). The molecule has 1 aliphatic rings. The molecule has 144 valence electrons. The average molecular weight is 369 g/mol. The van der Waals surface area contributed by atoms with Gasteiger partial charge < -0.3 is 20.3 Å². The first-order chi connectivity index (χ1) is 13.2. The van der Waals surface area contributed by atoms with Gasteiger partial charge in [-0.2, -0.15) is 0 Å². The van der Waals surface area contributed by atoms with Crippen LogP contribution in [0.25, 0.3) is 0 Å². The molecule has 27 heavy (non-hydrogen) atoms. The van der Waals surface area contributed by atoms with Crippen molar-refractivity contribution in [1.82, 2.24) is 20.1 Å². The summed E-state index contributed by atoms with van der Waals surface area (Å²) in [4.78, 5) is 21.0. The van der Waals surface area contributed by atoms with E-state index in [4.69, 9.17) is 4.74 Å². The number of rotatable bonds is 7. The summed E-state index contributed by atoms with van der Waals surface area (Å²) in [6.07, 6.45) is 3.44. The first-order valence-corrected chi connectivity index (χ1v) is 9.27. The second kappa shape index (κ2) is 9.89. The molecule has 2 N–H and O–H groups in total. The number of urea groups is 1. The molecule has 0 spiro atoms. The second-order valence-electron chi connectivity index (χ2n) is 6.66. The minimum Gasteiger partial charge on any atom is -0.490 e. The lowest BCUT2D eigenvalue weighted by Gasteiger charge is -2.32. The fourth-order valence-electron chi connectivity index (χ4n) is 2.90. The van der Waals surface area contributed by atoms with Crippen molar-refractivity contribution in [2.24, 2.45) is 0 Å². The molecular weight excluding hydrogens is 342 g/mol. The van der Waals surface area contributed by atoms with Crippen LogP contribution < -0.4 is 15.4 Å². The number of piperazine rings is 1. The van der Waals surface area contributed by atoms with Gasteiger partial charge in [0.2, 0.25) is 0 Å². The van der Waals surface area contributed by atoms with Crippen LogP contribution in [0.5, 0.6) is 5.75 Å². The van der Waals surface area contributed by atoms with E-state index in [2.05, 4.69) is 32.5 Å². The summed E-state index contributed by atoms with van der Waals surface area (Å²) in [6, 6.07) is 11.0. The fraction of sp³-hybridized carbons (Fsp3) is 0.400. The number of benzene rings is 1. The number of carbonyl (C=O) groups excluding carboxylic acids is 1. The van der Waals surface area contributed by atoms with Gasteiger partial charge in [-0.1, -0.05) is 18.2 Å². The third kappa shape index (κ3) is 6.23. The van der Waals surface area contributed by atoms with Gasteiger partial charge in [-0.15, -0.1) is 0 Å². The minimum absolute atomic E-state index is 0.269. The van der Waals surface area contributed by atoms with Crippen LogP contribution in [0.15, 0.2) is 48.8 Å². The Morgan fingerprint density at radius 3 is 2.74 bits per heavy atom. The number of amides is 2. The van der Waals surface area contributed by atoms with Gasteiger partial charge in [-0.25, -0.2) is 4.79 Å². The minimum atomic E-state index is -0.269. The van der Waals surface area contributed by atoms with Gasteiger partial charge >= 0.3 is 6.03 Å². The predicted molar refractivity (Wildman–Crippen MR) is 106 cm³/mol. The lowest BCUT2D eigenvalue weighted by Crippen LogP contribution is -2.45. The summed E-state index contributed by atoms with van der Waals surface area (Å²) in [5.41, 5.74) is 1.61. The number of likely N-dealkylation sites (N-methyl/N-ethyl adjacent to an activating group) is 1. The van der Waals surface area contributed by atoms with Crippen molar-refractivity contribution in [1.29, 1.82) is 0 Å². The van der Waals surface area contributed by atoms with E-state index in [9.17, 15) is 4.79 Å². The molecule has 0 atom stereocenters. The molecular formula is C20H27N5O2. The van der Waals surface area contributed by atoms with Crippen molar-refractivity contribution < 1.29 is 9.53 Å². The molecule has 0 bridgehead atoms. The normalized spacial score (nSPS) is 15.3. The van der Waals surface area contributed by atoms with Crippen molar-refractivity contribution >= 4 is 11.7 Å². The zero-order chi connectivity index (χ0) is 18.9. The average Bonchev–Trinajstić information content (AvgIpc) is 2.70. The van der Waals surface area contributed by atoms with Gasteiger partial charge in [-0.05, 0) is 30.8 Å². The maximum atomic E-state index is 12.2. The summed E-state index contributed by atoms with van der Waals surface area (Å²) >= 11 is 0. The molecule has 0 radical (unpaired) electrons. The Kier molecular flexibility index (Phi) is 7.01. The Morgan fingerprint density at radius 1 is 1.15 bits per heavy atom. The topological polar surface area (TPSA) is 69.7 Å². The first kappa shape index (κ1) is 19.1. The van der Waals surface area contributed by atoms with Gasteiger partial charge in [0, 0.05) is 51.7 Å². The van der Waals surface area contributed by atoms with E-state index in [-0.39, 0.29) is 6.03 Å². The molecule has 1 saturated heterocycles. The molecule has 0 aliphatic carbocycles. The Hall–Kier alpha value is -2.64. The van der Waals surface area contributed by atoms with Crippen LogP contribution in [0.1, 0.15) is 5.56 Å². The summed E-state index contributed by atoms with van der Waals surface area (Å²) in [7, 11) is 2.15. The second-order valence-corrected chi connectivity index (χ2v) is 6.66. The van der Waals surface area contributed by atoms with Gasteiger partial charge in [-0.3, -0.25) is 9.88 Å². The third-order valence-corrected chi connectivity index (χ3v) is 4.57. The van der Waals surface area contributed by atoms with Crippen LogP contribution in [0.3, 0.4) is 0 Å². The van der Waals surface area contributed by atoms with Crippen LogP contribution in [-0.4, -0.2) is 67.2 Å². The van der Waals surface area contributed by atoms with Crippen molar-refractivity contribution in [3.63, 3.8) is 0 Å².